The molecule has 3 nitrogen and oxygen atoms in total. The van der Waals surface area contributed by atoms with Crippen molar-refractivity contribution < 1.29 is 14.2 Å². The summed E-state index contributed by atoms with van der Waals surface area (Å²) in [7, 11) is 0. The zero-order valence-corrected chi connectivity index (χ0v) is 5.66. The highest BCUT2D eigenvalue weighted by atomic mass is 16.7. The van der Waals surface area contributed by atoms with Crippen molar-refractivity contribution in [1.29, 1.82) is 0 Å². The van der Waals surface area contributed by atoms with Crippen molar-refractivity contribution in [3.63, 3.8) is 0 Å². The smallest absolute Gasteiger partial charge is 0.229 e. The second-order valence-electron chi connectivity index (χ2n) is 1.75. The van der Waals surface area contributed by atoms with Crippen molar-refractivity contribution in [2.45, 2.75) is 6.42 Å². The van der Waals surface area contributed by atoms with Crippen molar-refractivity contribution in [1.82, 2.24) is 0 Å². The Bertz CT molecular complexity index is 101. The van der Waals surface area contributed by atoms with Crippen molar-refractivity contribution in [2.24, 2.45) is 0 Å². The lowest BCUT2D eigenvalue weighted by molar-refractivity contribution is 0.0920. The molecule has 0 amide bonds. The molecule has 56 valence electrons. The molecule has 0 radical (unpaired) electrons. The maximum atomic E-state index is 4.76. The molecule has 0 bridgehead atoms. The van der Waals surface area contributed by atoms with E-state index in [1.807, 2.05) is 6.08 Å². The molecule has 0 spiro atoms. The lowest BCUT2D eigenvalue weighted by atomic mass is 10.5. The maximum Gasteiger partial charge on any atom is 0.229 e. The SMILES string of the molecule is C1=COCC1.C1=COCO1. The number of ether oxygens (including phenoxy) is 3. The average molecular weight is 142 g/mol. The van der Waals surface area contributed by atoms with E-state index < -0.39 is 0 Å². The van der Waals surface area contributed by atoms with Crippen LogP contribution in [0, 0.1) is 0 Å². The van der Waals surface area contributed by atoms with Gasteiger partial charge in [-0.1, -0.05) is 0 Å². The van der Waals surface area contributed by atoms with E-state index in [0.29, 0.717) is 6.79 Å². The van der Waals surface area contributed by atoms with Crippen LogP contribution in [0.5, 0.6) is 0 Å². The molecule has 0 atom stereocenters. The van der Waals surface area contributed by atoms with Gasteiger partial charge in [0.15, 0.2) is 0 Å². The molecule has 0 saturated carbocycles. The predicted molar refractivity (Wildman–Crippen MR) is 35.9 cm³/mol. The fourth-order valence-electron chi connectivity index (χ4n) is 0.537. The Balaban J connectivity index is 0.0000001000. The summed E-state index contributed by atoms with van der Waals surface area (Å²) in [6.07, 6.45) is 7.88. The average Bonchev–Trinajstić information content (AvgIpc) is 2.67. The molecular formula is C7H10O3. The Morgan fingerprint density at radius 2 is 1.70 bits per heavy atom. The van der Waals surface area contributed by atoms with Gasteiger partial charge in [0.2, 0.25) is 6.79 Å². The van der Waals surface area contributed by atoms with E-state index in [-0.39, 0.29) is 0 Å². The number of hydrogen-bond donors (Lipinski definition) is 0. The van der Waals surface area contributed by atoms with Crippen LogP contribution in [0.4, 0.5) is 0 Å². The summed E-state index contributed by atoms with van der Waals surface area (Å²) >= 11 is 0. The topological polar surface area (TPSA) is 27.7 Å². The highest BCUT2D eigenvalue weighted by Gasteiger charge is 1.84. The van der Waals surface area contributed by atoms with Gasteiger partial charge in [-0.25, -0.2) is 0 Å². The zero-order chi connectivity index (χ0) is 7.07. The summed E-state index contributed by atoms with van der Waals surface area (Å²) in [5.41, 5.74) is 0. The van der Waals surface area contributed by atoms with Gasteiger partial charge in [0.25, 0.3) is 0 Å². The molecular weight excluding hydrogens is 132 g/mol. The molecule has 0 saturated heterocycles. The van der Waals surface area contributed by atoms with Gasteiger partial charge < -0.3 is 14.2 Å². The van der Waals surface area contributed by atoms with E-state index in [1.54, 1.807) is 6.26 Å². The quantitative estimate of drug-likeness (QED) is 0.511. The van der Waals surface area contributed by atoms with E-state index in [1.165, 1.54) is 12.5 Å². The van der Waals surface area contributed by atoms with E-state index in [4.69, 9.17) is 4.74 Å². The molecule has 3 heteroatoms. The van der Waals surface area contributed by atoms with Crippen LogP contribution in [0.25, 0.3) is 0 Å². The van der Waals surface area contributed by atoms with Crippen molar-refractivity contribution in [2.75, 3.05) is 13.4 Å². The second kappa shape index (κ2) is 4.73. The van der Waals surface area contributed by atoms with Gasteiger partial charge >= 0.3 is 0 Å². The molecule has 2 aliphatic heterocycles. The highest BCUT2D eigenvalue weighted by molar-refractivity contribution is 4.78. The lowest BCUT2D eigenvalue weighted by Crippen LogP contribution is -1.75. The maximum absolute atomic E-state index is 4.76. The normalized spacial score (nSPS) is 18.4. The molecule has 0 fully saturated rings. The number of hydrogen-bond acceptors (Lipinski definition) is 3. The van der Waals surface area contributed by atoms with E-state index in [9.17, 15) is 0 Å². The van der Waals surface area contributed by atoms with Crippen LogP contribution in [0.2, 0.25) is 0 Å². The fourth-order valence-corrected chi connectivity index (χ4v) is 0.537. The van der Waals surface area contributed by atoms with Gasteiger partial charge in [-0.05, 0) is 6.08 Å². The van der Waals surface area contributed by atoms with Crippen molar-refractivity contribution in [3.05, 3.63) is 24.9 Å². The summed E-state index contributed by atoms with van der Waals surface area (Å²) in [5, 5.41) is 0. The Kier molecular flexibility index (Phi) is 3.31. The van der Waals surface area contributed by atoms with Crippen LogP contribution in [-0.2, 0) is 14.2 Å². The predicted octanol–water partition coefficient (Wildman–Crippen LogP) is 1.38. The minimum Gasteiger partial charge on any atom is -0.501 e. The summed E-state index contributed by atoms with van der Waals surface area (Å²) < 4.78 is 13.8. The largest absolute Gasteiger partial charge is 0.501 e. The highest BCUT2D eigenvalue weighted by Crippen LogP contribution is 1.93. The van der Waals surface area contributed by atoms with Gasteiger partial charge in [-0.15, -0.1) is 0 Å². The lowest BCUT2D eigenvalue weighted by Gasteiger charge is -1.82. The molecule has 2 aliphatic rings. The second-order valence-corrected chi connectivity index (χ2v) is 1.75. The minimum atomic E-state index is 0.389. The molecule has 2 heterocycles. The molecule has 0 N–H and O–H groups in total. The minimum absolute atomic E-state index is 0.389. The Hall–Kier alpha value is -1.12. The first kappa shape index (κ1) is 6.99. The summed E-state index contributed by atoms with van der Waals surface area (Å²) in [4.78, 5) is 0. The third-order valence-corrected chi connectivity index (χ3v) is 0.979. The van der Waals surface area contributed by atoms with Crippen LogP contribution in [0.1, 0.15) is 6.42 Å². The third kappa shape index (κ3) is 3.02. The van der Waals surface area contributed by atoms with E-state index >= 15 is 0 Å². The Morgan fingerprint density at radius 1 is 0.900 bits per heavy atom. The fraction of sp³-hybridized carbons (Fsp3) is 0.429. The number of rotatable bonds is 0. The van der Waals surface area contributed by atoms with Crippen LogP contribution in [-0.4, -0.2) is 13.4 Å². The van der Waals surface area contributed by atoms with Gasteiger partial charge in [0, 0.05) is 6.42 Å². The first-order valence-corrected chi connectivity index (χ1v) is 3.15. The first-order chi connectivity index (χ1) is 5.00. The summed E-state index contributed by atoms with van der Waals surface area (Å²) in [5.74, 6) is 0. The van der Waals surface area contributed by atoms with Gasteiger partial charge in [-0.2, -0.15) is 0 Å². The van der Waals surface area contributed by atoms with E-state index in [0.717, 1.165) is 13.0 Å². The van der Waals surface area contributed by atoms with Gasteiger partial charge in [0.1, 0.15) is 12.5 Å². The molecule has 0 aliphatic carbocycles. The Labute approximate surface area is 59.9 Å². The van der Waals surface area contributed by atoms with Gasteiger partial charge in [-0.3, -0.25) is 0 Å². The van der Waals surface area contributed by atoms with Crippen LogP contribution < -0.4 is 0 Å². The molecule has 0 unspecified atom stereocenters. The first-order valence-electron chi connectivity index (χ1n) is 3.15. The monoisotopic (exact) mass is 142 g/mol. The third-order valence-electron chi connectivity index (χ3n) is 0.979. The summed E-state index contributed by atoms with van der Waals surface area (Å²) in [6, 6.07) is 0. The van der Waals surface area contributed by atoms with Crippen molar-refractivity contribution in [3.8, 4) is 0 Å². The molecule has 10 heavy (non-hydrogen) atoms. The Morgan fingerprint density at radius 3 is 1.90 bits per heavy atom. The standard InChI is InChI=1S/C4H6O.C3H4O2/c1-2-4-5-3-1;1-2-5-3-4-1/h1,3H,2,4H2;1-2H,3H2. The van der Waals surface area contributed by atoms with Crippen LogP contribution in [0.15, 0.2) is 24.9 Å². The molecule has 0 aromatic carbocycles. The molecule has 2 rings (SSSR count). The van der Waals surface area contributed by atoms with E-state index in [2.05, 4.69) is 9.47 Å². The van der Waals surface area contributed by atoms with Gasteiger partial charge in [0.05, 0.1) is 12.9 Å². The van der Waals surface area contributed by atoms with Crippen LogP contribution in [0.3, 0.4) is 0 Å². The van der Waals surface area contributed by atoms with Crippen LogP contribution >= 0.6 is 0 Å². The van der Waals surface area contributed by atoms with Crippen molar-refractivity contribution >= 4 is 0 Å². The summed E-state index contributed by atoms with van der Waals surface area (Å²) in [6.45, 7) is 1.28. The zero-order valence-electron chi connectivity index (χ0n) is 5.66. The molecule has 0 aromatic heterocycles. The molecule has 0 aromatic rings.